The van der Waals surface area contributed by atoms with Crippen molar-refractivity contribution in [2.24, 2.45) is 5.92 Å². The second kappa shape index (κ2) is 9.91. The fourth-order valence-corrected chi connectivity index (χ4v) is 3.88. The number of aliphatic carboxylic acids is 1. The Morgan fingerprint density at radius 3 is 2.48 bits per heavy atom. The summed E-state index contributed by atoms with van der Waals surface area (Å²) in [4.78, 5) is 18.6. The van der Waals surface area contributed by atoms with Gasteiger partial charge in [-0.05, 0) is 56.2 Å². The molecule has 0 unspecified atom stereocenters. The smallest absolute Gasteiger partial charge is 0.421 e. The Hall–Kier alpha value is -2.26. The molecule has 11 heteroatoms. The van der Waals surface area contributed by atoms with Crippen molar-refractivity contribution in [2.45, 2.75) is 50.7 Å². The quantitative estimate of drug-likeness (QED) is 0.429. The lowest BCUT2D eigenvalue weighted by Gasteiger charge is -2.30. The number of nitrogens with one attached hydrogen (secondary N) is 2. The van der Waals surface area contributed by atoms with Crippen LogP contribution in [0.1, 0.15) is 44.1 Å². The minimum atomic E-state index is -4.61. The van der Waals surface area contributed by atoms with Gasteiger partial charge in [0.15, 0.2) is 0 Å². The average Bonchev–Trinajstić information content (AvgIpc) is 2.69. The van der Waals surface area contributed by atoms with Gasteiger partial charge in [0.1, 0.15) is 11.4 Å². The molecule has 1 aromatic heterocycles. The lowest BCUT2D eigenvalue weighted by atomic mass is 9.83. The monoisotopic (exact) mass is 476 g/mol. The van der Waals surface area contributed by atoms with Crippen molar-refractivity contribution in [2.75, 3.05) is 10.6 Å². The maximum atomic E-state index is 13.5. The first kappa shape index (κ1) is 23.4. The number of benzene rings is 1. The molecule has 1 fully saturated rings. The van der Waals surface area contributed by atoms with E-state index in [0.717, 1.165) is 19.0 Å². The fourth-order valence-electron chi connectivity index (χ4n) is 3.58. The first-order chi connectivity index (χ1) is 14.6. The Balaban J connectivity index is 1.72. The fraction of sp³-hybridized carbons (Fsp3) is 0.450. The Morgan fingerprint density at radius 1 is 1.16 bits per heavy atom. The van der Waals surface area contributed by atoms with Crippen LogP contribution in [0.4, 0.5) is 30.6 Å². The highest BCUT2D eigenvalue weighted by Gasteiger charge is 2.36. The van der Waals surface area contributed by atoms with Crippen molar-refractivity contribution in [1.82, 2.24) is 9.97 Å². The number of carbonyl (C=O) groups is 1. The predicted octanol–water partition coefficient (Wildman–Crippen LogP) is 6.38. The van der Waals surface area contributed by atoms with Gasteiger partial charge in [-0.15, -0.1) is 0 Å². The van der Waals surface area contributed by atoms with Gasteiger partial charge < -0.3 is 15.7 Å². The van der Waals surface area contributed by atoms with Gasteiger partial charge in [-0.3, -0.25) is 4.79 Å². The zero-order valence-electron chi connectivity index (χ0n) is 16.3. The van der Waals surface area contributed by atoms with Gasteiger partial charge in [-0.1, -0.05) is 23.2 Å². The van der Waals surface area contributed by atoms with E-state index in [1.165, 1.54) is 6.07 Å². The second-order valence-electron chi connectivity index (χ2n) is 7.50. The maximum absolute atomic E-state index is 13.5. The van der Waals surface area contributed by atoms with Crippen molar-refractivity contribution in [1.29, 1.82) is 0 Å². The molecular formula is C20H21Cl2F3N4O2. The molecule has 0 atom stereocenters. The van der Waals surface area contributed by atoms with Crippen LogP contribution in [0, 0.1) is 5.92 Å². The summed E-state index contributed by atoms with van der Waals surface area (Å²) in [7, 11) is 0. The highest BCUT2D eigenvalue weighted by molar-refractivity contribution is 6.42. The summed E-state index contributed by atoms with van der Waals surface area (Å²) in [6.07, 6.45) is -0.381. The minimum absolute atomic E-state index is 0.0102. The Labute approximate surface area is 187 Å². The number of rotatable bonds is 7. The van der Waals surface area contributed by atoms with Gasteiger partial charge in [-0.25, -0.2) is 4.98 Å². The van der Waals surface area contributed by atoms with Crippen LogP contribution in [0.5, 0.6) is 0 Å². The van der Waals surface area contributed by atoms with E-state index in [4.69, 9.17) is 28.3 Å². The normalized spacial score (nSPS) is 19.1. The summed E-state index contributed by atoms with van der Waals surface area (Å²) in [5, 5.41) is 15.2. The first-order valence-electron chi connectivity index (χ1n) is 9.76. The summed E-state index contributed by atoms with van der Waals surface area (Å²) in [6.45, 7) is 0. The number of halogens is 5. The average molecular weight is 477 g/mol. The summed E-state index contributed by atoms with van der Waals surface area (Å²) >= 11 is 11.8. The molecule has 168 valence electrons. The van der Waals surface area contributed by atoms with Crippen molar-refractivity contribution < 1.29 is 23.1 Å². The number of hydrogen-bond donors (Lipinski definition) is 3. The lowest BCUT2D eigenvalue weighted by molar-refractivity contribution is -0.138. The molecule has 0 radical (unpaired) electrons. The maximum Gasteiger partial charge on any atom is 0.421 e. The molecule has 0 aliphatic heterocycles. The molecule has 1 aliphatic rings. The van der Waals surface area contributed by atoms with Crippen LogP contribution in [0.25, 0.3) is 0 Å². The molecule has 2 aromatic rings. The summed E-state index contributed by atoms with van der Waals surface area (Å²) < 4.78 is 40.4. The van der Waals surface area contributed by atoms with Crippen LogP contribution < -0.4 is 10.6 Å². The minimum Gasteiger partial charge on any atom is -0.481 e. The molecule has 0 amide bonds. The van der Waals surface area contributed by atoms with E-state index in [9.17, 15) is 18.0 Å². The zero-order chi connectivity index (χ0) is 22.6. The highest BCUT2D eigenvalue weighted by atomic mass is 35.5. The Morgan fingerprint density at radius 2 is 1.87 bits per heavy atom. The number of hydrogen-bond acceptors (Lipinski definition) is 5. The van der Waals surface area contributed by atoms with E-state index in [-0.39, 0.29) is 35.2 Å². The van der Waals surface area contributed by atoms with Crippen molar-refractivity contribution in [3.05, 3.63) is 40.0 Å². The van der Waals surface area contributed by atoms with Crippen LogP contribution in [0.15, 0.2) is 24.4 Å². The number of aromatic nitrogens is 2. The molecule has 6 nitrogen and oxygen atoms in total. The molecule has 0 bridgehead atoms. The van der Waals surface area contributed by atoms with E-state index < -0.39 is 17.7 Å². The number of carboxylic acids is 1. The molecule has 1 aromatic carbocycles. The van der Waals surface area contributed by atoms with Crippen molar-refractivity contribution in [3.8, 4) is 0 Å². The van der Waals surface area contributed by atoms with E-state index in [1.807, 2.05) is 0 Å². The van der Waals surface area contributed by atoms with Crippen LogP contribution in [0.3, 0.4) is 0 Å². The summed E-state index contributed by atoms with van der Waals surface area (Å²) in [5.74, 6) is -0.866. The third kappa shape index (κ3) is 6.61. The molecule has 1 saturated carbocycles. The van der Waals surface area contributed by atoms with Gasteiger partial charge in [0.25, 0.3) is 0 Å². The molecule has 3 N–H and O–H groups in total. The standard InChI is InChI=1S/C20H21Cl2F3N4O2/c21-15-7-6-13(9-16(15)22)28-19-26-10-14(20(23,24)25)18(29-19)27-12-4-1-11(2-5-12)3-8-17(30)31/h6-7,9-12H,1-5,8H2,(H,30,31)(H2,26,27,28,29). The number of carboxylic acid groups (broad SMARTS) is 1. The number of alkyl halides is 3. The predicted molar refractivity (Wildman–Crippen MR) is 113 cm³/mol. The van der Waals surface area contributed by atoms with Gasteiger partial charge in [-0.2, -0.15) is 18.2 Å². The summed E-state index contributed by atoms with van der Waals surface area (Å²) in [6, 6.07) is 4.50. The molecule has 1 heterocycles. The summed E-state index contributed by atoms with van der Waals surface area (Å²) in [5.41, 5.74) is -0.459. The largest absolute Gasteiger partial charge is 0.481 e. The van der Waals surface area contributed by atoms with Crippen LogP contribution >= 0.6 is 23.2 Å². The van der Waals surface area contributed by atoms with E-state index >= 15 is 0 Å². The Bertz CT molecular complexity index is 935. The second-order valence-corrected chi connectivity index (χ2v) is 8.32. The number of anilines is 3. The van der Waals surface area contributed by atoms with Gasteiger partial charge >= 0.3 is 12.1 Å². The van der Waals surface area contributed by atoms with E-state index in [2.05, 4.69) is 20.6 Å². The Kier molecular flexibility index (Phi) is 7.48. The third-order valence-corrected chi connectivity index (χ3v) is 5.96. The zero-order valence-corrected chi connectivity index (χ0v) is 17.9. The number of nitrogens with zero attached hydrogens (tertiary/aromatic N) is 2. The van der Waals surface area contributed by atoms with Crippen LogP contribution in [-0.2, 0) is 11.0 Å². The van der Waals surface area contributed by atoms with E-state index in [1.54, 1.807) is 12.1 Å². The molecule has 31 heavy (non-hydrogen) atoms. The molecule has 1 aliphatic carbocycles. The van der Waals surface area contributed by atoms with Crippen LogP contribution in [0.2, 0.25) is 10.0 Å². The van der Waals surface area contributed by atoms with Gasteiger partial charge in [0, 0.05) is 24.3 Å². The molecule has 0 saturated heterocycles. The molecule has 0 spiro atoms. The lowest BCUT2D eigenvalue weighted by Crippen LogP contribution is -2.28. The molecule has 3 rings (SSSR count). The highest BCUT2D eigenvalue weighted by Crippen LogP contribution is 2.36. The SMILES string of the molecule is O=C(O)CCC1CCC(Nc2nc(Nc3ccc(Cl)c(Cl)c3)ncc2C(F)(F)F)CC1. The van der Waals surface area contributed by atoms with Crippen molar-refractivity contribution >= 4 is 46.6 Å². The third-order valence-electron chi connectivity index (χ3n) is 5.22. The topological polar surface area (TPSA) is 87.1 Å². The van der Waals surface area contributed by atoms with Crippen LogP contribution in [-0.4, -0.2) is 27.1 Å². The van der Waals surface area contributed by atoms with Gasteiger partial charge in [0.05, 0.1) is 10.0 Å². The van der Waals surface area contributed by atoms with E-state index in [0.29, 0.717) is 30.0 Å². The first-order valence-corrected chi connectivity index (χ1v) is 10.5. The molecular weight excluding hydrogens is 456 g/mol. The van der Waals surface area contributed by atoms with Crippen molar-refractivity contribution in [3.63, 3.8) is 0 Å². The van der Waals surface area contributed by atoms with Gasteiger partial charge in [0.2, 0.25) is 5.95 Å².